The van der Waals surface area contributed by atoms with Crippen LogP contribution in [-0.2, 0) is 6.42 Å². The third kappa shape index (κ3) is 4.83. The van der Waals surface area contributed by atoms with Crippen molar-refractivity contribution in [3.8, 4) is 5.69 Å². The Morgan fingerprint density at radius 1 is 1.11 bits per heavy atom. The Hall–Kier alpha value is -3.00. The number of nitrogens with one attached hydrogen (secondary N) is 2. The van der Waals surface area contributed by atoms with E-state index in [-0.39, 0.29) is 11.7 Å². The summed E-state index contributed by atoms with van der Waals surface area (Å²) >= 11 is 3.22. The van der Waals surface area contributed by atoms with Crippen molar-refractivity contribution in [2.24, 2.45) is 0 Å². The van der Waals surface area contributed by atoms with Crippen molar-refractivity contribution in [3.05, 3.63) is 96.7 Å². The quantitative estimate of drug-likeness (QED) is 0.572. The van der Waals surface area contributed by atoms with Crippen molar-refractivity contribution in [2.45, 2.75) is 12.8 Å². The van der Waals surface area contributed by atoms with Crippen LogP contribution in [-0.4, -0.2) is 22.2 Å². The molecule has 0 aliphatic heterocycles. The van der Waals surface area contributed by atoms with Gasteiger partial charge in [0.15, 0.2) is 0 Å². The van der Waals surface area contributed by atoms with Crippen LogP contribution in [0.25, 0.3) is 5.69 Å². The van der Waals surface area contributed by atoms with E-state index in [9.17, 15) is 18.8 Å². The third-order valence-corrected chi connectivity index (χ3v) is 4.60. The molecule has 0 bridgehead atoms. The van der Waals surface area contributed by atoms with Crippen LogP contribution in [0.4, 0.5) is 4.39 Å². The summed E-state index contributed by atoms with van der Waals surface area (Å²) in [6.07, 6.45) is 1.08. The maximum atomic E-state index is 13.8. The number of nitrogens with zero attached hydrogens (tertiary/aromatic N) is 1. The van der Waals surface area contributed by atoms with Crippen LogP contribution in [0, 0.1) is 5.82 Å². The second-order valence-electron chi connectivity index (χ2n) is 6.13. The van der Waals surface area contributed by atoms with Crippen molar-refractivity contribution >= 4 is 21.8 Å². The van der Waals surface area contributed by atoms with Gasteiger partial charge in [0, 0.05) is 28.7 Å². The molecule has 1 aromatic heterocycles. The lowest BCUT2D eigenvalue weighted by molar-refractivity contribution is 0.0953. The van der Waals surface area contributed by atoms with Crippen molar-refractivity contribution in [1.82, 2.24) is 15.1 Å². The van der Waals surface area contributed by atoms with Gasteiger partial charge in [0.05, 0.1) is 5.69 Å². The molecule has 0 radical (unpaired) electrons. The number of H-pyrrole nitrogens is 1. The zero-order valence-corrected chi connectivity index (χ0v) is 16.3. The lowest BCUT2D eigenvalue weighted by Gasteiger charge is -2.09. The van der Waals surface area contributed by atoms with E-state index in [1.807, 2.05) is 0 Å². The van der Waals surface area contributed by atoms with Crippen LogP contribution in [0.15, 0.2) is 68.7 Å². The number of aromatic nitrogens is 2. The number of halogens is 2. The molecule has 6 nitrogen and oxygen atoms in total. The van der Waals surface area contributed by atoms with E-state index in [0.717, 1.165) is 16.8 Å². The van der Waals surface area contributed by atoms with Gasteiger partial charge in [0.1, 0.15) is 5.82 Å². The molecular weight excluding hydrogens is 429 g/mol. The molecule has 3 rings (SSSR count). The molecule has 0 saturated carbocycles. The van der Waals surface area contributed by atoms with Gasteiger partial charge < -0.3 is 5.32 Å². The summed E-state index contributed by atoms with van der Waals surface area (Å²) < 4.78 is 15.6. The second kappa shape index (κ2) is 8.79. The second-order valence-corrected chi connectivity index (χ2v) is 7.04. The summed E-state index contributed by atoms with van der Waals surface area (Å²) in [4.78, 5) is 35.7. The molecule has 0 unspecified atom stereocenters. The molecule has 0 spiro atoms. The minimum Gasteiger partial charge on any atom is -0.352 e. The van der Waals surface area contributed by atoms with Crippen LogP contribution in [0.3, 0.4) is 0 Å². The molecule has 2 N–H and O–H groups in total. The number of hydrogen-bond donors (Lipinski definition) is 2. The van der Waals surface area contributed by atoms with Gasteiger partial charge in [-0.3, -0.25) is 19.5 Å². The molecule has 0 aliphatic rings. The number of rotatable bonds is 6. The number of carbonyl (C=O) groups excluding carboxylic acids is 1. The highest BCUT2D eigenvalue weighted by Crippen LogP contribution is 2.16. The Morgan fingerprint density at radius 3 is 2.71 bits per heavy atom. The monoisotopic (exact) mass is 445 g/mol. The number of aromatic amines is 1. The first-order valence-corrected chi connectivity index (χ1v) is 9.38. The number of benzene rings is 2. The largest absolute Gasteiger partial charge is 0.352 e. The molecule has 2 aromatic carbocycles. The topological polar surface area (TPSA) is 84.0 Å². The smallest absolute Gasteiger partial charge is 0.269 e. The Morgan fingerprint density at radius 2 is 1.93 bits per heavy atom. The molecule has 0 aliphatic carbocycles. The van der Waals surface area contributed by atoms with Crippen molar-refractivity contribution in [1.29, 1.82) is 0 Å². The molecule has 3 aromatic rings. The molecule has 0 atom stereocenters. The first-order chi connectivity index (χ1) is 13.4. The average molecular weight is 446 g/mol. The van der Waals surface area contributed by atoms with Gasteiger partial charge in [-0.2, -0.15) is 0 Å². The summed E-state index contributed by atoms with van der Waals surface area (Å²) in [5.41, 5.74) is 0.492. The molecule has 0 fully saturated rings. The lowest BCUT2D eigenvalue weighted by atomic mass is 10.1. The van der Waals surface area contributed by atoms with Crippen molar-refractivity contribution < 1.29 is 9.18 Å². The highest BCUT2D eigenvalue weighted by Gasteiger charge is 2.08. The Balaban J connectivity index is 1.62. The molecule has 28 heavy (non-hydrogen) atoms. The van der Waals surface area contributed by atoms with Gasteiger partial charge in [-0.1, -0.05) is 28.1 Å². The van der Waals surface area contributed by atoms with Crippen LogP contribution < -0.4 is 16.4 Å². The van der Waals surface area contributed by atoms with E-state index in [1.165, 1.54) is 12.1 Å². The lowest BCUT2D eigenvalue weighted by Crippen LogP contribution is -2.27. The fourth-order valence-corrected chi connectivity index (χ4v) is 3.04. The van der Waals surface area contributed by atoms with Gasteiger partial charge in [-0.25, -0.2) is 9.07 Å². The van der Waals surface area contributed by atoms with Gasteiger partial charge >= 0.3 is 0 Å². The van der Waals surface area contributed by atoms with Crippen LogP contribution in [0.5, 0.6) is 0 Å². The first kappa shape index (κ1) is 19.8. The maximum Gasteiger partial charge on any atom is 0.269 e. The fourth-order valence-electron chi connectivity index (χ4n) is 2.71. The van der Waals surface area contributed by atoms with Crippen molar-refractivity contribution in [2.75, 3.05) is 6.54 Å². The van der Waals surface area contributed by atoms with Crippen molar-refractivity contribution in [3.63, 3.8) is 0 Å². The zero-order chi connectivity index (χ0) is 20.1. The summed E-state index contributed by atoms with van der Waals surface area (Å²) in [6, 6.07) is 13.6. The molecule has 1 heterocycles. The Kier molecular flexibility index (Phi) is 6.20. The number of carbonyl (C=O) groups is 1. The first-order valence-electron chi connectivity index (χ1n) is 8.59. The number of amides is 1. The number of hydrogen-bond acceptors (Lipinski definition) is 3. The Labute approximate surface area is 168 Å². The predicted octanol–water partition coefficient (Wildman–Crippen LogP) is 2.79. The van der Waals surface area contributed by atoms with E-state index < -0.39 is 11.1 Å². The maximum absolute atomic E-state index is 13.8. The van der Waals surface area contributed by atoms with Gasteiger partial charge in [-0.15, -0.1) is 0 Å². The zero-order valence-electron chi connectivity index (χ0n) is 14.7. The summed E-state index contributed by atoms with van der Waals surface area (Å²) in [7, 11) is 0. The molecule has 1 amide bonds. The van der Waals surface area contributed by atoms with Crippen LogP contribution in [0.2, 0.25) is 0 Å². The standard InChI is InChI=1S/C20H17BrFN3O3/c21-15-7-6-13(17(22)12-15)4-2-10-23-20(28)14-3-1-5-16(11-14)25-19(27)9-8-18(26)24-25/h1,3,5-9,11-12H,2,4,10H2,(H,23,28)(H,24,26). The normalized spacial score (nSPS) is 10.6. The van der Waals surface area contributed by atoms with Gasteiger partial charge in [0.2, 0.25) is 0 Å². The Bertz CT molecular complexity index is 1120. The fraction of sp³-hybridized carbons (Fsp3) is 0.150. The summed E-state index contributed by atoms with van der Waals surface area (Å²) in [5, 5.41) is 5.19. The van der Waals surface area contributed by atoms with E-state index in [1.54, 1.807) is 30.3 Å². The SMILES string of the molecule is O=C(NCCCc1ccc(Br)cc1F)c1cccc(-n2[nH]c(=O)ccc2=O)c1. The molecule has 144 valence electrons. The molecular formula is C20H17BrFN3O3. The van der Waals surface area contributed by atoms with Crippen LogP contribution in [0.1, 0.15) is 22.3 Å². The molecule has 8 heteroatoms. The minimum absolute atomic E-state index is 0.282. The highest BCUT2D eigenvalue weighted by molar-refractivity contribution is 9.10. The molecule has 0 saturated heterocycles. The average Bonchev–Trinajstić information content (AvgIpc) is 2.68. The number of aryl methyl sites for hydroxylation is 1. The predicted molar refractivity (Wildman–Crippen MR) is 107 cm³/mol. The van der Waals surface area contributed by atoms with E-state index in [0.29, 0.717) is 40.7 Å². The third-order valence-electron chi connectivity index (χ3n) is 4.11. The summed E-state index contributed by atoms with van der Waals surface area (Å²) in [6.45, 7) is 0.376. The highest BCUT2D eigenvalue weighted by atomic mass is 79.9. The minimum atomic E-state index is -0.422. The van der Waals surface area contributed by atoms with E-state index in [4.69, 9.17) is 0 Å². The van der Waals surface area contributed by atoms with E-state index in [2.05, 4.69) is 26.3 Å². The van der Waals surface area contributed by atoms with Crippen LogP contribution >= 0.6 is 15.9 Å². The summed E-state index contributed by atoms with van der Waals surface area (Å²) in [5.74, 6) is -0.597. The van der Waals surface area contributed by atoms with Gasteiger partial charge in [0.25, 0.3) is 17.0 Å². The van der Waals surface area contributed by atoms with Gasteiger partial charge in [-0.05, 0) is 48.7 Å². The van der Waals surface area contributed by atoms with E-state index >= 15 is 0 Å².